The molecule has 1 aliphatic rings. The van der Waals surface area contributed by atoms with Crippen LogP contribution in [0.4, 0.5) is 0 Å². The summed E-state index contributed by atoms with van der Waals surface area (Å²) >= 11 is 0. The van der Waals surface area contributed by atoms with Crippen molar-refractivity contribution in [1.29, 1.82) is 0 Å². The van der Waals surface area contributed by atoms with Gasteiger partial charge in [-0.25, -0.2) is 0 Å². The van der Waals surface area contributed by atoms with Gasteiger partial charge in [-0.3, -0.25) is 0 Å². The minimum atomic E-state index is -0.415. The number of nitrogens with zero attached hydrogens (tertiary/aromatic N) is 2. The van der Waals surface area contributed by atoms with Gasteiger partial charge in [-0.1, -0.05) is 5.16 Å². The van der Waals surface area contributed by atoms with Crippen LogP contribution < -0.4 is 15.2 Å². The van der Waals surface area contributed by atoms with Crippen molar-refractivity contribution in [2.24, 2.45) is 5.73 Å². The standard InChI is InChI=1S/C13H15N3O3/c1-17-9-4-3-8(7-10(9)18-2)11-15-12(19-16-11)13(14)5-6-13/h3-4,7H,5-6,14H2,1-2H3. The second kappa shape index (κ2) is 4.24. The Labute approximate surface area is 110 Å². The molecule has 1 aliphatic carbocycles. The SMILES string of the molecule is COc1ccc(-c2noc(C3(N)CC3)n2)cc1OC. The number of benzene rings is 1. The predicted octanol–water partition coefficient (Wildman–Crippen LogP) is 1.70. The summed E-state index contributed by atoms with van der Waals surface area (Å²) in [6, 6.07) is 5.47. The van der Waals surface area contributed by atoms with Crippen LogP contribution in [0.2, 0.25) is 0 Å². The van der Waals surface area contributed by atoms with Crippen LogP contribution in [0.1, 0.15) is 18.7 Å². The van der Waals surface area contributed by atoms with E-state index in [4.69, 9.17) is 19.7 Å². The third-order valence-corrected chi connectivity index (χ3v) is 3.28. The van der Waals surface area contributed by atoms with Gasteiger partial charge in [0, 0.05) is 5.56 Å². The fourth-order valence-corrected chi connectivity index (χ4v) is 1.87. The van der Waals surface area contributed by atoms with Crippen LogP contribution in [-0.4, -0.2) is 24.4 Å². The van der Waals surface area contributed by atoms with Crippen molar-refractivity contribution in [2.75, 3.05) is 14.2 Å². The molecule has 2 aromatic rings. The van der Waals surface area contributed by atoms with E-state index in [-0.39, 0.29) is 0 Å². The van der Waals surface area contributed by atoms with Gasteiger partial charge in [-0.05, 0) is 31.0 Å². The third kappa shape index (κ3) is 2.04. The maximum atomic E-state index is 6.02. The van der Waals surface area contributed by atoms with Crippen LogP contribution in [0.3, 0.4) is 0 Å². The summed E-state index contributed by atoms with van der Waals surface area (Å²) in [4.78, 5) is 4.35. The number of ether oxygens (including phenoxy) is 2. The Kier molecular flexibility index (Phi) is 2.67. The van der Waals surface area contributed by atoms with Crippen molar-refractivity contribution in [3.05, 3.63) is 24.1 Å². The van der Waals surface area contributed by atoms with Crippen LogP contribution in [0.25, 0.3) is 11.4 Å². The van der Waals surface area contributed by atoms with E-state index < -0.39 is 5.54 Å². The molecule has 1 aromatic carbocycles. The summed E-state index contributed by atoms with van der Waals surface area (Å²) in [5.74, 6) is 2.29. The van der Waals surface area contributed by atoms with Gasteiger partial charge in [-0.2, -0.15) is 4.98 Å². The lowest BCUT2D eigenvalue weighted by Crippen LogP contribution is -2.18. The minimum Gasteiger partial charge on any atom is -0.493 e. The molecule has 3 rings (SSSR count). The van der Waals surface area contributed by atoms with Crippen LogP contribution in [0, 0.1) is 0 Å². The van der Waals surface area contributed by atoms with E-state index in [2.05, 4.69) is 10.1 Å². The fourth-order valence-electron chi connectivity index (χ4n) is 1.87. The van der Waals surface area contributed by atoms with Crippen LogP contribution >= 0.6 is 0 Å². The normalized spacial score (nSPS) is 16.2. The molecule has 0 spiro atoms. The molecule has 1 aromatic heterocycles. The van der Waals surface area contributed by atoms with Gasteiger partial charge in [0.05, 0.1) is 19.8 Å². The first kappa shape index (κ1) is 12.0. The Bertz CT molecular complexity index is 605. The smallest absolute Gasteiger partial charge is 0.247 e. The Morgan fingerprint density at radius 2 is 1.95 bits per heavy atom. The van der Waals surface area contributed by atoms with Gasteiger partial charge in [0.25, 0.3) is 0 Å². The van der Waals surface area contributed by atoms with Crippen molar-refractivity contribution >= 4 is 0 Å². The fraction of sp³-hybridized carbons (Fsp3) is 0.385. The minimum absolute atomic E-state index is 0.415. The molecule has 6 nitrogen and oxygen atoms in total. The van der Waals surface area contributed by atoms with E-state index >= 15 is 0 Å². The maximum Gasteiger partial charge on any atom is 0.247 e. The van der Waals surface area contributed by atoms with Gasteiger partial charge in [0.2, 0.25) is 11.7 Å². The average molecular weight is 261 g/mol. The number of nitrogens with two attached hydrogens (primary N) is 1. The molecular formula is C13H15N3O3. The Morgan fingerprint density at radius 3 is 2.58 bits per heavy atom. The van der Waals surface area contributed by atoms with Crippen LogP contribution in [0.15, 0.2) is 22.7 Å². The first-order valence-electron chi connectivity index (χ1n) is 6.02. The summed E-state index contributed by atoms with van der Waals surface area (Å²) < 4.78 is 15.7. The summed E-state index contributed by atoms with van der Waals surface area (Å²) in [6.45, 7) is 0. The van der Waals surface area contributed by atoms with Crippen molar-refractivity contribution in [2.45, 2.75) is 18.4 Å². The Morgan fingerprint density at radius 1 is 1.21 bits per heavy atom. The summed E-state index contributed by atoms with van der Waals surface area (Å²) in [6.07, 6.45) is 1.78. The highest BCUT2D eigenvalue weighted by Crippen LogP contribution is 2.42. The molecule has 1 saturated carbocycles. The lowest BCUT2D eigenvalue weighted by molar-refractivity contribution is 0.348. The highest BCUT2D eigenvalue weighted by atomic mass is 16.5. The van der Waals surface area contributed by atoms with Crippen LogP contribution in [-0.2, 0) is 5.54 Å². The summed E-state index contributed by atoms with van der Waals surface area (Å²) in [7, 11) is 3.18. The molecule has 1 fully saturated rings. The first-order valence-corrected chi connectivity index (χ1v) is 6.02. The largest absolute Gasteiger partial charge is 0.493 e. The molecule has 0 saturated heterocycles. The number of rotatable bonds is 4. The first-order chi connectivity index (χ1) is 9.16. The van der Waals surface area contributed by atoms with Crippen molar-refractivity contribution < 1.29 is 14.0 Å². The van der Waals surface area contributed by atoms with Gasteiger partial charge in [-0.15, -0.1) is 0 Å². The second-order valence-electron chi connectivity index (χ2n) is 4.65. The highest BCUT2D eigenvalue weighted by molar-refractivity contribution is 5.60. The van der Waals surface area contributed by atoms with E-state index in [1.54, 1.807) is 20.3 Å². The van der Waals surface area contributed by atoms with Gasteiger partial charge in [0.15, 0.2) is 11.5 Å². The molecule has 0 atom stereocenters. The molecular weight excluding hydrogens is 246 g/mol. The van der Waals surface area contributed by atoms with E-state index in [1.807, 2.05) is 12.1 Å². The summed E-state index contributed by atoms with van der Waals surface area (Å²) in [5, 5.41) is 3.96. The maximum absolute atomic E-state index is 6.02. The molecule has 6 heteroatoms. The highest BCUT2D eigenvalue weighted by Gasteiger charge is 2.45. The molecule has 1 heterocycles. The predicted molar refractivity (Wildman–Crippen MR) is 67.9 cm³/mol. The zero-order valence-electron chi connectivity index (χ0n) is 10.8. The molecule has 2 N–H and O–H groups in total. The zero-order valence-corrected chi connectivity index (χ0v) is 10.8. The molecule has 0 radical (unpaired) electrons. The van der Waals surface area contributed by atoms with E-state index in [9.17, 15) is 0 Å². The lowest BCUT2D eigenvalue weighted by Gasteiger charge is -2.07. The zero-order chi connectivity index (χ0) is 13.5. The Hall–Kier alpha value is -2.08. The van der Waals surface area contributed by atoms with Crippen molar-refractivity contribution in [3.8, 4) is 22.9 Å². The molecule has 0 amide bonds. The quantitative estimate of drug-likeness (QED) is 0.901. The van der Waals surface area contributed by atoms with E-state index in [1.165, 1.54) is 0 Å². The van der Waals surface area contributed by atoms with Gasteiger partial charge < -0.3 is 19.7 Å². The van der Waals surface area contributed by atoms with Gasteiger partial charge in [0.1, 0.15) is 0 Å². The average Bonchev–Trinajstić information content (AvgIpc) is 3.00. The lowest BCUT2D eigenvalue weighted by atomic mass is 10.2. The van der Waals surface area contributed by atoms with Crippen molar-refractivity contribution in [3.63, 3.8) is 0 Å². The summed E-state index contributed by atoms with van der Waals surface area (Å²) in [5.41, 5.74) is 6.41. The molecule has 0 unspecified atom stereocenters. The van der Waals surface area contributed by atoms with E-state index in [0.29, 0.717) is 23.2 Å². The molecule has 19 heavy (non-hydrogen) atoms. The number of hydrogen-bond donors (Lipinski definition) is 1. The number of aromatic nitrogens is 2. The number of methoxy groups -OCH3 is 2. The van der Waals surface area contributed by atoms with E-state index in [0.717, 1.165) is 18.4 Å². The third-order valence-electron chi connectivity index (χ3n) is 3.28. The molecule has 100 valence electrons. The second-order valence-corrected chi connectivity index (χ2v) is 4.65. The van der Waals surface area contributed by atoms with Crippen LogP contribution in [0.5, 0.6) is 11.5 Å². The molecule has 0 bridgehead atoms. The Balaban J connectivity index is 1.95. The molecule has 0 aliphatic heterocycles. The topological polar surface area (TPSA) is 83.4 Å². The monoisotopic (exact) mass is 261 g/mol. The van der Waals surface area contributed by atoms with Crippen molar-refractivity contribution in [1.82, 2.24) is 10.1 Å². The van der Waals surface area contributed by atoms with Gasteiger partial charge >= 0.3 is 0 Å². The number of hydrogen-bond acceptors (Lipinski definition) is 6.